The van der Waals surface area contributed by atoms with Gasteiger partial charge in [0.2, 0.25) is 0 Å². The van der Waals surface area contributed by atoms with Crippen LogP contribution in [0, 0.1) is 17.8 Å². The summed E-state index contributed by atoms with van der Waals surface area (Å²) in [6.45, 7) is 1.82. The molecule has 32 heavy (non-hydrogen) atoms. The molecule has 1 saturated carbocycles. The highest BCUT2D eigenvalue weighted by atomic mass is 16.5. The third-order valence-corrected chi connectivity index (χ3v) is 7.20. The Morgan fingerprint density at radius 3 is 2.66 bits per heavy atom. The fourth-order valence-corrected chi connectivity index (χ4v) is 5.81. The lowest BCUT2D eigenvalue weighted by atomic mass is 9.52. The van der Waals surface area contributed by atoms with Crippen molar-refractivity contribution in [3.63, 3.8) is 0 Å². The topological polar surface area (TPSA) is 55.2 Å². The first kappa shape index (κ1) is 20.7. The van der Waals surface area contributed by atoms with E-state index >= 15 is 0 Å². The minimum absolute atomic E-state index is 0.00162. The van der Waals surface area contributed by atoms with Gasteiger partial charge in [-0.3, -0.25) is 0 Å². The molecular weight excluding hydrogens is 396 g/mol. The molecule has 0 spiro atoms. The average molecular weight is 425 g/mol. The fraction of sp³-hybridized carbons (Fsp3) is 0.357. The average Bonchev–Trinajstić information content (AvgIpc) is 2.81. The molecular formula is C28H28N2O2. The summed E-state index contributed by atoms with van der Waals surface area (Å²) in [5.41, 5.74) is 3.20. The molecule has 5 rings (SSSR count). The molecule has 1 fully saturated rings. The third-order valence-electron chi connectivity index (χ3n) is 7.20. The second kappa shape index (κ2) is 8.41. The molecule has 3 aromatic rings. The molecule has 0 bridgehead atoms. The van der Waals surface area contributed by atoms with Crippen molar-refractivity contribution in [2.45, 2.75) is 56.5 Å². The lowest BCUT2D eigenvalue weighted by Crippen LogP contribution is -2.50. The minimum atomic E-state index is -0.870. The van der Waals surface area contributed by atoms with Gasteiger partial charge in [0, 0.05) is 17.8 Å². The van der Waals surface area contributed by atoms with Crippen LogP contribution in [-0.4, -0.2) is 20.7 Å². The molecule has 3 atom stereocenters. The van der Waals surface area contributed by atoms with Gasteiger partial charge in [0.05, 0.1) is 0 Å². The van der Waals surface area contributed by atoms with Crippen molar-refractivity contribution in [2.75, 3.05) is 0 Å². The van der Waals surface area contributed by atoms with E-state index in [1.54, 1.807) is 18.5 Å². The van der Waals surface area contributed by atoms with Crippen LogP contribution in [0.25, 0.3) is 0 Å². The van der Waals surface area contributed by atoms with Gasteiger partial charge in [-0.2, -0.15) is 0 Å². The van der Waals surface area contributed by atoms with E-state index < -0.39 is 5.60 Å². The van der Waals surface area contributed by atoms with Crippen LogP contribution >= 0.6 is 0 Å². The zero-order valence-electron chi connectivity index (χ0n) is 18.4. The van der Waals surface area contributed by atoms with Crippen LogP contribution in [-0.2, 0) is 18.3 Å². The minimum Gasteiger partial charge on any atom is -0.424 e. The van der Waals surface area contributed by atoms with E-state index in [0.717, 1.165) is 37.9 Å². The number of hydrogen-bond acceptors (Lipinski definition) is 4. The summed E-state index contributed by atoms with van der Waals surface area (Å²) in [4.78, 5) is 8.36. The molecule has 2 aliphatic carbocycles. The van der Waals surface area contributed by atoms with Crippen molar-refractivity contribution in [2.24, 2.45) is 5.92 Å². The van der Waals surface area contributed by atoms with Crippen molar-refractivity contribution >= 4 is 0 Å². The van der Waals surface area contributed by atoms with Gasteiger partial charge in [-0.15, -0.1) is 5.92 Å². The fourth-order valence-electron chi connectivity index (χ4n) is 5.81. The molecule has 0 saturated heterocycles. The number of fused-ring (bicyclic) bond motifs is 3. The zero-order chi connectivity index (χ0) is 22.0. The van der Waals surface area contributed by atoms with E-state index in [-0.39, 0.29) is 5.41 Å². The van der Waals surface area contributed by atoms with Crippen molar-refractivity contribution in [3.05, 3.63) is 83.7 Å². The van der Waals surface area contributed by atoms with Gasteiger partial charge in [-0.25, -0.2) is 9.97 Å². The molecule has 2 aromatic carbocycles. The summed E-state index contributed by atoms with van der Waals surface area (Å²) < 4.78 is 5.92. The first-order chi connectivity index (χ1) is 15.6. The Labute approximate surface area is 189 Å². The quantitative estimate of drug-likeness (QED) is 0.581. The number of ether oxygens (including phenoxy) is 1. The Morgan fingerprint density at radius 2 is 1.88 bits per heavy atom. The SMILES string of the molecule is CC#C[C@@]1(O)CC[C@@]2(Cc3ccccc3)c3ccc(Oc4ncccn4)cc3CC[C@@H]2C1. The van der Waals surface area contributed by atoms with Gasteiger partial charge in [0.15, 0.2) is 0 Å². The highest BCUT2D eigenvalue weighted by molar-refractivity contribution is 5.46. The molecule has 1 aromatic heterocycles. The van der Waals surface area contributed by atoms with E-state index in [4.69, 9.17) is 4.74 Å². The second-order valence-corrected chi connectivity index (χ2v) is 9.12. The highest BCUT2D eigenvalue weighted by Crippen LogP contribution is 2.54. The van der Waals surface area contributed by atoms with Gasteiger partial charge in [-0.1, -0.05) is 42.3 Å². The molecule has 0 aliphatic heterocycles. The van der Waals surface area contributed by atoms with Crippen molar-refractivity contribution in [1.82, 2.24) is 9.97 Å². The largest absolute Gasteiger partial charge is 0.424 e. The van der Waals surface area contributed by atoms with Crippen LogP contribution in [0.3, 0.4) is 0 Å². The Bertz CT molecular complexity index is 1150. The van der Waals surface area contributed by atoms with Crippen molar-refractivity contribution in [3.8, 4) is 23.6 Å². The lowest BCUT2D eigenvalue weighted by molar-refractivity contribution is -0.00804. The number of aryl methyl sites for hydroxylation is 1. The molecule has 0 radical (unpaired) electrons. The molecule has 0 unspecified atom stereocenters. The summed E-state index contributed by atoms with van der Waals surface area (Å²) >= 11 is 0. The number of aromatic nitrogens is 2. The molecule has 4 nitrogen and oxygen atoms in total. The van der Waals surface area contributed by atoms with Crippen LogP contribution in [0.1, 0.15) is 49.3 Å². The van der Waals surface area contributed by atoms with Crippen molar-refractivity contribution in [1.29, 1.82) is 0 Å². The maximum atomic E-state index is 11.1. The summed E-state index contributed by atoms with van der Waals surface area (Å²) in [6, 6.07) is 19.3. The molecule has 2 aliphatic rings. The Hall–Kier alpha value is -3.16. The third kappa shape index (κ3) is 3.89. The van der Waals surface area contributed by atoms with Crippen LogP contribution in [0.15, 0.2) is 67.0 Å². The Morgan fingerprint density at radius 1 is 1.06 bits per heavy atom. The van der Waals surface area contributed by atoms with Crippen LogP contribution in [0.5, 0.6) is 11.8 Å². The maximum absolute atomic E-state index is 11.1. The van der Waals surface area contributed by atoms with Crippen LogP contribution in [0.2, 0.25) is 0 Å². The first-order valence-corrected chi connectivity index (χ1v) is 11.4. The highest BCUT2D eigenvalue weighted by Gasteiger charge is 2.51. The number of nitrogens with zero attached hydrogens (tertiary/aromatic N) is 2. The first-order valence-electron chi connectivity index (χ1n) is 11.4. The number of hydrogen-bond donors (Lipinski definition) is 1. The Balaban J connectivity index is 1.53. The van der Waals surface area contributed by atoms with Gasteiger partial charge < -0.3 is 9.84 Å². The van der Waals surface area contributed by atoms with Gasteiger partial charge in [-0.05, 0) is 86.3 Å². The van der Waals surface area contributed by atoms with E-state index in [1.807, 2.05) is 13.0 Å². The summed E-state index contributed by atoms with van der Waals surface area (Å²) in [5, 5.41) is 11.1. The number of rotatable bonds is 4. The smallest absolute Gasteiger partial charge is 0.321 e. The second-order valence-electron chi connectivity index (χ2n) is 9.12. The van der Waals surface area contributed by atoms with Crippen molar-refractivity contribution < 1.29 is 9.84 Å². The maximum Gasteiger partial charge on any atom is 0.321 e. The zero-order valence-corrected chi connectivity index (χ0v) is 18.4. The summed E-state index contributed by atoms with van der Waals surface area (Å²) in [7, 11) is 0. The molecule has 162 valence electrons. The van der Waals surface area contributed by atoms with Gasteiger partial charge in [0.1, 0.15) is 11.4 Å². The molecule has 4 heteroatoms. The summed E-state index contributed by atoms with van der Waals surface area (Å²) in [6.07, 6.45) is 8.71. The van der Waals surface area contributed by atoms with E-state index in [0.29, 0.717) is 18.3 Å². The van der Waals surface area contributed by atoms with Crippen LogP contribution < -0.4 is 4.74 Å². The molecule has 1 heterocycles. The van der Waals surface area contributed by atoms with E-state index in [9.17, 15) is 5.11 Å². The Kier molecular flexibility index (Phi) is 5.45. The predicted octanol–water partition coefficient (Wildman–Crippen LogP) is 5.25. The molecule has 0 amide bonds. The number of aliphatic hydroxyl groups is 1. The van der Waals surface area contributed by atoms with E-state index in [1.165, 1.54) is 16.7 Å². The monoisotopic (exact) mass is 424 g/mol. The predicted molar refractivity (Wildman–Crippen MR) is 124 cm³/mol. The number of benzene rings is 2. The van der Waals surface area contributed by atoms with Gasteiger partial charge in [0.25, 0.3) is 0 Å². The van der Waals surface area contributed by atoms with Crippen LogP contribution in [0.4, 0.5) is 0 Å². The molecule has 1 N–H and O–H groups in total. The normalized spacial score (nSPS) is 26.2. The standard InChI is InChI=1S/C28H28N2O2/c1-2-13-27(31)14-15-28(19-21-7-4-3-5-8-21)23(20-27)10-9-22-18-24(11-12-25(22)28)32-26-29-16-6-17-30-26/h3-8,11-12,16-18,23,31H,9-10,14-15,19-20H2,1H3/t23-,27-,28+/m1/s1. The lowest BCUT2D eigenvalue weighted by Gasteiger charge is -2.52. The van der Waals surface area contributed by atoms with Gasteiger partial charge >= 0.3 is 6.01 Å². The summed E-state index contributed by atoms with van der Waals surface area (Å²) in [5.74, 6) is 7.22. The van der Waals surface area contributed by atoms with E-state index in [2.05, 4.69) is 64.3 Å².